The van der Waals surface area contributed by atoms with Gasteiger partial charge in [0.1, 0.15) is 18.4 Å². The first kappa shape index (κ1) is 21.5. The molecule has 2 saturated heterocycles. The van der Waals surface area contributed by atoms with Crippen molar-refractivity contribution in [3.05, 3.63) is 41.6 Å². The highest BCUT2D eigenvalue weighted by atomic mass is 16.6. The molecule has 1 aromatic rings. The molecule has 0 bridgehead atoms. The minimum atomic E-state index is -1.07. The summed E-state index contributed by atoms with van der Waals surface area (Å²) in [6.07, 6.45) is -0.692. The maximum absolute atomic E-state index is 13.5. The average molecular weight is 403 g/mol. The Morgan fingerprint density at radius 3 is 2.66 bits per heavy atom. The Kier molecular flexibility index (Phi) is 7.05. The molecular formula is C21H29N3O5. The molecule has 3 unspecified atom stereocenters. The van der Waals surface area contributed by atoms with Crippen molar-refractivity contribution in [1.29, 1.82) is 0 Å². The molecule has 0 spiro atoms. The number of morpholine rings is 1. The van der Waals surface area contributed by atoms with Gasteiger partial charge in [0.2, 0.25) is 0 Å². The van der Waals surface area contributed by atoms with Crippen LogP contribution in [0.1, 0.15) is 26.3 Å². The van der Waals surface area contributed by atoms with E-state index in [1.807, 2.05) is 57.0 Å². The molecule has 0 aromatic heterocycles. The minimum absolute atomic E-state index is 0.00218. The molecule has 0 radical (unpaired) electrons. The van der Waals surface area contributed by atoms with Gasteiger partial charge in [-0.05, 0) is 18.9 Å². The van der Waals surface area contributed by atoms with Crippen molar-refractivity contribution >= 4 is 12.0 Å². The summed E-state index contributed by atoms with van der Waals surface area (Å²) in [7, 11) is 0. The third-order valence-corrected chi connectivity index (χ3v) is 5.21. The molecule has 3 rings (SSSR count). The minimum Gasteiger partial charge on any atom is -0.375 e. The highest BCUT2D eigenvalue weighted by Crippen LogP contribution is 2.28. The van der Waals surface area contributed by atoms with Gasteiger partial charge in [-0.25, -0.2) is 14.6 Å². The Morgan fingerprint density at radius 2 is 2.03 bits per heavy atom. The molecular weight excluding hydrogens is 374 g/mol. The van der Waals surface area contributed by atoms with Gasteiger partial charge < -0.3 is 19.5 Å². The van der Waals surface area contributed by atoms with Gasteiger partial charge in [-0.1, -0.05) is 44.2 Å². The quantitative estimate of drug-likeness (QED) is 0.753. The van der Waals surface area contributed by atoms with Gasteiger partial charge in [-0.2, -0.15) is 5.01 Å². The Labute approximate surface area is 171 Å². The van der Waals surface area contributed by atoms with E-state index in [0.29, 0.717) is 26.1 Å². The number of aliphatic hydroxyl groups excluding tert-OH is 1. The van der Waals surface area contributed by atoms with Crippen molar-refractivity contribution in [2.24, 2.45) is 5.92 Å². The molecule has 1 aromatic carbocycles. The monoisotopic (exact) mass is 403 g/mol. The van der Waals surface area contributed by atoms with Crippen LogP contribution in [0.3, 0.4) is 0 Å². The number of carbonyl (C=O) groups is 1. The normalized spacial score (nSPS) is 25.1. The van der Waals surface area contributed by atoms with Gasteiger partial charge in [0.25, 0.3) is 0 Å². The van der Waals surface area contributed by atoms with Crippen LogP contribution in [0, 0.1) is 5.92 Å². The number of hydrazine groups is 1. The molecule has 8 nitrogen and oxygen atoms in total. The van der Waals surface area contributed by atoms with E-state index in [0.717, 1.165) is 5.56 Å². The molecule has 2 fully saturated rings. The number of rotatable bonds is 5. The Balaban J connectivity index is 1.91. The lowest BCUT2D eigenvalue weighted by Crippen LogP contribution is -2.58. The maximum atomic E-state index is 13.5. The lowest BCUT2D eigenvalue weighted by Gasteiger charge is -2.41. The number of nitrogens with zero attached hydrogens (tertiary/aromatic N) is 3. The fourth-order valence-corrected chi connectivity index (χ4v) is 3.66. The van der Waals surface area contributed by atoms with Crippen molar-refractivity contribution in [3.63, 3.8) is 0 Å². The second-order valence-corrected chi connectivity index (χ2v) is 7.75. The van der Waals surface area contributed by atoms with Crippen molar-refractivity contribution in [1.82, 2.24) is 14.9 Å². The van der Waals surface area contributed by atoms with Gasteiger partial charge in [0.15, 0.2) is 6.29 Å². The van der Waals surface area contributed by atoms with Crippen molar-refractivity contribution in [2.45, 2.75) is 45.6 Å². The lowest BCUT2D eigenvalue weighted by molar-refractivity contribution is -0.0677. The average Bonchev–Trinajstić information content (AvgIpc) is 3.06. The van der Waals surface area contributed by atoms with Crippen LogP contribution in [0.2, 0.25) is 0 Å². The molecule has 0 aliphatic carbocycles. The molecule has 1 N–H and O–H groups in total. The first-order valence-electron chi connectivity index (χ1n) is 9.98. The van der Waals surface area contributed by atoms with Crippen LogP contribution in [0.4, 0.5) is 4.79 Å². The smallest absolute Gasteiger partial charge is 0.339 e. The zero-order valence-corrected chi connectivity index (χ0v) is 17.2. The zero-order valence-electron chi connectivity index (χ0n) is 17.2. The molecule has 2 aliphatic heterocycles. The van der Waals surface area contributed by atoms with Gasteiger partial charge in [-0.3, -0.25) is 0 Å². The second-order valence-electron chi connectivity index (χ2n) is 7.75. The Morgan fingerprint density at radius 1 is 1.31 bits per heavy atom. The topological polar surface area (TPSA) is 82.6 Å². The predicted molar refractivity (Wildman–Crippen MR) is 106 cm³/mol. The number of aliphatic hydroxyl groups is 1. The summed E-state index contributed by atoms with van der Waals surface area (Å²) >= 11 is 0. The second kappa shape index (κ2) is 9.52. The first-order chi connectivity index (χ1) is 13.9. The van der Waals surface area contributed by atoms with Crippen molar-refractivity contribution in [3.8, 4) is 0 Å². The van der Waals surface area contributed by atoms with E-state index >= 15 is 0 Å². The van der Waals surface area contributed by atoms with Crippen molar-refractivity contribution < 1.29 is 24.2 Å². The van der Waals surface area contributed by atoms with Crippen LogP contribution in [-0.2, 0) is 20.7 Å². The van der Waals surface area contributed by atoms with Gasteiger partial charge in [0.05, 0.1) is 18.8 Å². The summed E-state index contributed by atoms with van der Waals surface area (Å²) in [5.74, 6) is 1.71. The van der Waals surface area contributed by atoms with Gasteiger partial charge in [0, 0.05) is 19.0 Å². The number of amides is 2. The fraction of sp³-hybridized carbons (Fsp3) is 0.571. The van der Waals surface area contributed by atoms with E-state index < -0.39 is 12.3 Å². The SMILES string of the molecule is CC1CN(C(=O)N(C(=C=O)C(C)C)N2COC(O)C2Cc2ccccc2)CCO1. The van der Waals surface area contributed by atoms with Crippen LogP contribution in [0.5, 0.6) is 0 Å². The number of carbonyl (C=O) groups excluding carboxylic acids is 2. The Hall–Kier alpha value is -2.22. The summed E-state index contributed by atoms with van der Waals surface area (Å²) in [5, 5.41) is 13.4. The molecule has 2 aliphatic rings. The van der Waals surface area contributed by atoms with Crippen LogP contribution < -0.4 is 0 Å². The summed E-state index contributed by atoms with van der Waals surface area (Å²) in [4.78, 5) is 26.9. The standard InChI is InChI=1S/C21H29N3O5/c1-15(2)19(13-25)24(21(27)22-9-10-28-16(3)12-22)23-14-29-20(26)18(23)11-17-7-5-4-6-8-17/h4-8,15-16,18,20,26H,9-12,14H2,1-3H3. The summed E-state index contributed by atoms with van der Waals surface area (Å²) < 4.78 is 11.0. The van der Waals surface area contributed by atoms with E-state index in [1.165, 1.54) is 5.01 Å². The van der Waals surface area contributed by atoms with E-state index in [4.69, 9.17) is 9.47 Å². The molecule has 29 heavy (non-hydrogen) atoms. The largest absolute Gasteiger partial charge is 0.375 e. The molecule has 158 valence electrons. The van der Waals surface area contributed by atoms with Crippen LogP contribution in [-0.4, -0.2) is 76.9 Å². The summed E-state index contributed by atoms with van der Waals surface area (Å²) in [6.45, 7) is 6.88. The first-order valence-corrected chi connectivity index (χ1v) is 9.98. The van der Waals surface area contributed by atoms with Crippen LogP contribution in [0.15, 0.2) is 36.0 Å². The van der Waals surface area contributed by atoms with E-state index in [1.54, 1.807) is 9.91 Å². The van der Waals surface area contributed by atoms with E-state index in [-0.39, 0.29) is 30.5 Å². The zero-order chi connectivity index (χ0) is 21.0. The third kappa shape index (κ3) is 4.86. The fourth-order valence-electron chi connectivity index (χ4n) is 3.66. The molecule has 2 heterocycles. The highest BCUT2D eigenvalue weighted by Gasteiger charge is 2.43. The van der Waals surface area contributed by atoms with Crippen LogP contribution >= 0.6 is 0 Å². The highest BCUT2D eigenvalue weighted by molar-refractivity contribution is 5.78. The van der Waals surface area contributed by atoms with E-state index in [2.05, 4.69) is 0 Å². The predicted octanol–water partition coefficient (Wildman–Crippen LogP) is 1.63. The number of allylic oxidation sites excluding steroid dienone is 1. The number of hydrogen-bond acceptors (Lipinski definition) is 6. The number of hydrogen-bond donors (Lipinski definition) is 1. The van der Waals surface area contributed by atoms with E-state index in [9.17, 15) is 14.7 Å². The summed E-state index contributed by atoms with van der Waals surface area (Å²) in [6, 6.07) is 8.83. The Bertz CT molecular complexity index is 750. The van der Waals surface area contributed by atoms with Gasteiger partial charge >= 0.3 is 6.03 Å². The van der Waals surface area contributed by atoms with Crippen molar-refractivity contribution in [2.75, 3.05) is 26.4 Å². The van der Waals surface area contributed by atoms with Gasteiger partial charge in [-0.15, -0.1) is 0 Å². The molecule has 3 atom stereocenters. The number of benzene rings is 1. The molecule has 8 heteroatoms. The number of urea groups is 1. The summed E-state index contributed by atoms with van der Waals surface area (Å²) in [5.41, 5.74) is 1.21. The third-order valence-electron chi connectivity index (χ3n) is 5.21. The lowest BCUT2D eigenvalue weighted by atomic mass is 10.1. The number of ether oxygens (including phenoxy) is 2. The molecule has 2 amide bonds. The van der Waals surface area contributed by atoms with Crippen LogP contribution in [0.25, 0.3) is 0 Å². The molecule has 0 saturated carbocycles. The maximum Gasteiger partial charge on any atom is 0.339 e.